The zero-order valence-corrected chi connectivity index (χ0v) is 13.3. The molecule has 0 fully saturated rings. The van der Waals surface area contributed by atoms with Crippen LogP contribution in [0.4, 0.5) is 10.1 Å². The predicted octanol–water partition coefficient (Wildman–Crippen LogP) is 3.65. The first-order valence-corrected chi connectivity index (χ1v) is 7.01. The fraction of sp³-hybridized carbons (Fsp3) is 0.538. The van der Waals surface area contributed by atoms with Crippen LogP contribution < -0.4 is 10.1 Å². The largest absolute Gasteiger partial charge is 0.486 e. The molecule has 0 aliphatic heterocycles. The first kappa shape index (κ1) is 16.8. The molecule has 1 N–H and O–H groups in total. The van der Waals surface area contributed by atoms with Crippen molar-refractivity contribution in [3.63, 3.8) is 0 Å². The Bertz CT molecular complexity index is 489. The van der Waals surface area contributed by atoms with Crippen molar-refractivity contribution in [2.45, 2.75) is 32.7 Å². The number of hydrogen-bond donors (Lipinski definition) is 1. The van der Waals surface area contributed by atoms with Crippen LogP contribution in [0.25, 0.3) is 0 Å². The zero-order valence-electron chi connectivity index (χ0n) is 11.7. The molecule has 1 aromatic carbocycles. The Labute approximate surface area is 125 Å². The van der Waals surface area contributed by atoms with Crippen LogP contribution in [0.3, 0.4) is 0 Å². The van der Waals surface area contributed by atoms with E-state index in [0.29, 0.717) is 13.0 Å². The Morgan fingerprint density at radius 2 is 2.10 bits per heavy atom. The van der Waals surface area contributed by atoms with Crippen LogP contribution in [0, 0.1) is 15.9 Å². The van der Waals surface area contributed by atoms with Crippen molar-refractivity contribution in [3.8, 4) is 5.75 Å². The lowest BCUT2D eigenvalue weighted by molar-refractivity contribution is -0.386. The summed E-state index contributed by atoms with van der Waals surface area (Å²) >= 11 is 3.08. The van der Waals surface area contributed by atoms with Gasteiger partial charge in [0, 0.05) is 5.54 Å². The van der Waals surface area contributed by atoms with Crippen LogP contribution in [0.15, 0.2) is 16.6 Å². The fourth-order valence-electron chi connectivity index (χ4n) is 1.54. The minimum Gasteiger partial charge on any atom is -0.486 e. The summed E-state index contributed by atoms with van der Waals surface area (Å²) in [6, 6.07) is 2.00. The van der Waals surface area contributed by atoms with Gasteiger partial charge in [-0.2, -0.15) is 0 Å². The molecule has 0 amide bonds. The van der Waals surface area contributed by atoms with Crippen molar-refractivity contribution >= 4 is 21.6 Å². The molecule has 0 saturated heterocycles. The summed E-state index contributed by atoms with van der Waals surface area (Å²) in [6.45, 7) is 7.20. The highest BCUT2D eigenvalue weighted by atomic mass is 79.9. The predicted molar refractivity (Wildman–Crippen MR) is 78.6 cm³/mol. The lowest BCUT2D eigenvalue weighted by Gasteiger charge is -2.20. The Balaban J connectivity index is 2.62. The van der Waals surface area contributed by atoms with Gasteiger partial charge in [0.25, 0.3) is 0 Å². The van der Waals surface area contributed by atoms with Crippen LogP contribution in [0.2, 0.25) is 0 Å². The number of halogens is 2. The van der Waals surface area contributed by atoms with Crippen LogP contribution >= 0.6 is 15.9 Å². The van der Waals surface area contributed by atoms with Crippen molar-refractivity contribution < 1.29 is 14.1 Å². The van der Waals surface area contributed by atoms with Gasteiger partial charge in [0.15, 0.2) is 0 Å². The fourth-order valence-corrected chi connectivity index (χ4v) is 2.07. The van der Waals surface area contributed by atoms with E-state index in [4.69, 9.17) is 4.74 Å². The van der Waals surface area contributed by atoms with Crippen LogP contribution in [0.5, 0.6) is 5.75 Å². The maximum atomic E-state index is 13.1. The topological polar surface area (TPSA) is 64.4 Å². The number of nitro benzene ring substituents is 1. The normalized spacial score (nSPS) is 11.4. The van der Waals surface area contributed by atoms with Crippen LogP contribution in [0.1, 0.15) is 27.2 Å². The molecule has 0 saturated carbocycles. The SMILES string of the molecule is CC(C)(C)NCCCOc1c(Br)cc(F)cc1[N+](=O)[O-]. The molecule has 0 aromatic heterocycles. The summed E-state index contributed by atoms with van der Waals surface area (Å²) in [4.78, 5) is 10.2. The maximum Gasteiger partial charge on any atom is 0.315 e. The molecule has 0 unspecified atom stereocenters. The molecule has 0 aliphatic carbocycles. The van der Waals surface area contributed by atoms with Crippen LogP contribution in [-0.2, 0) is 0 Å². The molecular weight excluding hydrogens is 331 g/mol. The van der Waals surface area contributed by atoms with E-state index in [1.165, 1.54) is 0 Å². The van der Waals surface area contributed by atoms with E-state index >= 15 is 0 Å². The van der Waals surface area contributed by atoms with Gasteiger partial charge in [-0.15, -0.1) is 0 Å². The summed E-state index contributed by atoms with van der Waals surface area (Å²) in [5.41, 5.74) is -0.358. The maximum absolute atomic E-state index is 13.1. The molecule has 1 aromatic rings. The average molecular weight is 349 g/mol. The Kier molecular flexibility index (Phi) is 5.88. The summed E-state index contributed by atoms with van der Waals surface area (Å²) in [5, 5.41) is 14.2. The van der Waals surface area contributed by atoms with E-state index in [2.05, 4.69) is 42.0 Å². The van der Waals surface area contributed by atoms with E-state index in [-0.39, 0.29) is 21.4 Å². The van der Waals surface area contributed by atoms with Crippen molar-refractivity contribution in [1.29, 1.82) is 0 Å². The molecule has 20 heavy (non-hydrogen) atoms. The van der Waals surface area contributed by atoms with Gasteiger partial charge < -0.3 is 10.1 Å². The number of benzene rings is 1. The molecule has 0 atom stereocenters. The second-order valence-electron chi connectivity index (χ2n) is 5.37. The number of hydrogen-bond acceptors (Lipinski definition) is 4. The number of nitro groups is 1. The van der Waals surface area contributed by atoms with Crippen molar-refractivity contribution in [2.75, 3.05) is 13.2 Å². The monoisotopic (exact) mass is 348 g/mol. The van der Waals surface area contributed by atoms with E-state index in [1.807, 2.05) is 0 Å². The van der Waals surface area contributed by atoms with Gasteiger partial charge in [0.2, 0.25) is 5.75 Å². The van der Waals surface area contributed by atoms with Gasteiger partial charge in [-0.1, -0.05) is 0 Å². The van der Waals surface area contributed by atoms with E-state index in [9.17, 15) is 14.5 Å². The lowest BCUT2D eigenvalue weighted by Crippen LogP contribution is -2.36. The highest BCUT2D eigenvalue weighted by Gasteiger charge is 2.20. The first-order valence-electron chi connectivity index (χ1n) is 6.22. The molecule has 112 valence electrons. The second kappa shape index (κ2) is 6.99. The first-order chi connectivity index (χ1) is 9.20. The minimum atomic E-state index is -0.676. The summed E-state index contributed by atoms with van der Waals surface area (Å²) in [7, 11) is 0. The number of nitrogens with zero attached hydrogens (tertiary/aromatic N) is 1. The van der Waals surface area contributed by atoms with Crippen molar-refractivity contribution in [3.05, 3.63) is 32.5 Å². The third kappa shape index (κ3) is 5.42. The molecule has 7 heteroatoms. The highest BCUT2D eigenvalue weighted by molar-refractivity contribution is 9.10. The van der Waals surface area contributed by atoms with Gasteiger partial charge in [-0.3, -0.25) is 10.1 Å². The van der Waals surface area contributed by atoms with Crippen molar-refractivity contribution in [2.24, 2.45) is 0 Å². The van der Waals surface area contributed by atoms with Gasteiger partial charge in [-0.05, 0) is 55.7 Å². The molecule has 5 nitrogen and oxygen atoms in total. The molecule has 0 spiro atoms. The third-order valence-corrected chi connectivity index (χ3v) is 3.00. The average Bonchev–Trinajstić information content (AvgIpc) is 2.28. The van der Waals surface area contributed by atoms with E-state index in [0.717, 1.165) is 18.7 Å². The van der Waals surface area contributed by atoms with Gasteiger partial charge in [-0.25, -0.2) is 4.39 Å². The summed E-state index contributed by atoms with van der Waals surface area (Å²) < 4.78 is 18.8. The van der Waals surface area contributed by atoms with E-state index < -0.39 is 10.7 Å². The van der Waals surface area contributed by atoms with Gasteiger partial charge in [0.05, 0.1) is 22.1 Å². The van der Waals surface area contributed by atoms with Gasteiger partial charge in [0.1, 0.15) is 5.82 Å². The quantitative estimate of drug-likeness (QED) is 0.484. The summed E-state index contributed by atoms with van der Waals surface area (Å²) in [5.74, 6) is -0.613. The number of rotatable bonds is 6. The Morgan fingerprint density at radius 1 is 1.45 bits per heavy atom. The zero-order chi connectivity index (χ0) is 15.3. The molecule has 0 radical (unpaired) electrons. The third-order valence-electron chi connectivity index (χ3n) is 2.41. The Hall–Kier alpha value is -1.21. The molecule has 0 bridgehead atoms. The molecule has 0 heterocycles. The summed E-state index contributed by atoms with van der Waals surface area (Å²) in [6.07, 6.45) is 0.693. The Morgan fingerprint density at radius 3 is 2.65 bits per heavy atom. The molecule has 0 aliphatic rings. The smallest absolute Gasteiger partial charge is 0.315 e. The van der Waals surface area contributed by atoms with Crippen molar-refractivity contribution in [1.82, 2.24) is 5.32 Å². The molecular formula is C13H18BrFN2O3. The molecule has 1 rings (SSSR count). The minimum absolute atomic E-state index is 0.0163. The lowest BCUT2D eigenvalue weighted by atomic mass is 10.1. The number of ether oxygens (including phenoxy) is 1. The standard InChI is InChI=1S/C13H18BrFN2O3/c1-13(2,3)16-5-4-6-20-12-10(14)7-9(15)8-11(12)17(18)19/h7-8,16H,4-6H2,1-3H3. The van der Waals surface area contributed by atoms with E-state index in [1.54, 1.807) is 0 Å². The van der Waals surface area contributed by atoms with Crippen LogP contribution in [-0.4, -0.2) is 23.6 Å². The number of nitrogens with one attached hydrogen (secondary N) is 1. The second-order valence-corrected chi connectivity index (χ2v) is 6.23. The highest BCUT2D eigenvalue weighted by Crippen LogP contribution is 2.35. The van der Waals surface area contributed by atoms with Gasteiger partial charge >= 0.3 is 5.69 Å².